The Labute approximate surface area is 151 Å². The molecule has 1 aliphatic rings. The van der Waals surface area contributed by atoms with Gasteiger partial charge in [-0.25, -0.2) is 4.98 Å². The van der Waals surface area contributed by atoms with Crippen LogP contribution in [0.1, 0.15) is 12.2 Å². The first-order valence-electron chi connectivity index (χ1n) is 8.42. The van der Waals surface area contributed by atoms with Gasteiger partial charge in [-0.15, -0.1) is 0 Å². The maximum atomic E-state index is 12.7. The van der Waals surface area contributed by atoms with Crippen molar-refractivity contribution in [1.29, 1.82) is 0 Å². The van der Waals surface area contributed by atoms with Crippen LogP contribution in [0.4, 0.5) is 5.69 Å². The number of anilines is 1. The Morgan fingerprint density at radius 2 is 1.92 bits per heavy atom. The van der Waals surface area contributed by atoms with E-state index in [4.69, 9.17) is 0 Å². The second kappa shape index (κ2) is 7.15. The van der Waals surface area contributed by atoms with Gasteiger partial charge in [0.25, 0.3) is 0 Å². The summed E-state index contributed by atoms with van der Waals surface area (Å²) in [6.45, 7) is 0.855. The highest BCUT2D eigenvalue weighted by atomic mass is 32.2. The number of nitrogens with one attached hydrogen (secondary N) is 1. The number of rotatable bonds is 4. The van der Waals surface area contributed by atoms with Crippen molar-refractivity contribution in [3.8, 4) is 0 Å². The summed E-state index contributed by atoms with van der Waals surface area (Å²) in [4.78, 5) is 19.3. The molecule has 1 atom stereocenters. The molecule has 25 heavy (non-hydrogen) atoms. The first-order valence-corrected chi connectivity index (χ1v) is 9.24. The lowest BCUT2D eigenvalue weighted by molar-refractivity contribution is -0.120. The van der Waals surface area contributed by atoms with Crippen LogP contribution in [-0.4, -0.2) is 15.5 Å². The lowest BCUT2D eigenvalue weighted by Crippen LogP contribution is -2.30. The van der Waals surface area contributed by atoms with E-state index < -0.39 is 0 Å². The highest BCUT2D eigenvalue weighted by Gasteiger charge is 2.25. The van der Waals surface area contributed by atoms with Crippen LogP contribution in [0.15, 0.2) is 76.8 Å². The smallest absolute Gasteiger partial charge is 0.228 e. The SMILES string of the molecule is O=C(Nc1ccccc1Sc1ccccc1)C1CCn2ccnc2C1. The zero-order valence-corrected chi connectivity index (χ0v) is 14.6. The van der Waals surface area contributed by atoms with E-state index in [9.17, 15) is 4.79 Å². The molecular weight excluding hydrogens is 330 g/mol. The van der Waals surface area contributed by atoms with Crippen LogP contribution in [0.3, 0.4) is 0 Å². The minimum atomic E-state index is -0.0234. The molecule has 5 heteroatoms. The van der Waals surface area contributed by atoms with Gasteiger partial charge in [-0.1, -0.05) is 42.1 Å². The molecule has 126 valence electrons. The minimum absolute atomic E-state index is 0.0234. The zero-order chi connectivity index (χ0) is 17.1. The number of benzene rings is 2. The molecule has 1 N–H and O–H groups in total. The van der Waals surface area contributed by atoms with Crippen LogP contribution in [0, 0.1) is 5.92 Å². The van der Waals surface area contributed by atoms with Gasteiger partial charge in [-0.3, -0.25) is 4.79 Å². The number of hydrogen-bond donors (Lipinski definition) is 1. The van der Waals surface area contributed by atoms with E-state index in [0.29, 0.717) is 6.42 Å². The minimum Gasteiger partial charge on any atom is -0.335 e. The number of amides is 1. The number of imidazole rings is 1. The van der Waals surface area contributed by atoms with Crippen molar-refractivity contribution in [1.82, 2.24) is 9.55 Å². The van der Waals surface area contributed by atoms with Gasteiger partial charge in [0.15, 0.2) is 0 Å². The molecule has 0 spiro atoms. The van der Waals surface area contributed by atoms with Gasteiger partial charge >= 0.3 is 0 Å². The molecule has 0 saturated heterocycles. The molecule has 4 rings (SSSR count). The maximum absolute atomic E-state index is 12.7. The summed E-state index contributed by atoms with van der Waals surface area (Å²) >= 11 is 1.66. The second-order valence-corrected chi connectivity index (χ2v) is 7.24. The van der Waals surface area contributed by atoms with Gasteiger partial charge < -0.3 is 9.88 Å². The Balaban J connectivity index is 1.48. The highest BCUT2D eigenvalue weighted by molar-refractivity contribution is 7.99. The van der Waals surface area contributed by atoms with Crippen LogP contribution in [0.2, 0.25) is 0 Å². The molecule has 2 aromatic carbocycles. The molecule has 4 nitrogen and oxygen atoms in total. The first kappa shape index (κ1) is 16.0. The number of nitrogens with zero attached hydrogens (tertiary/aromatic N) is 2. The summed E-state index contributed by atoms with van der Waals surface area (Å²) in [6, 6.07) is 18.2. The van der Waals surface area contributed by atoms with E-state index >= 15 is 0 Å². The predicted octanol–water partition coefficient (Wildman–Crippen LogP) is 4.24. The van der Waals surface area contributed by atoms with Crippen molar-refractivity contribution in [2.24, 2.45) is 5.92 Å². The number of aromatic nitrogens is 2. The molecule has 0 saturated carbocycles. The standard InChI is InChI=1S/C20H19N3OS/c24-20(15-10-12-23-13-11-21-19(23)14-15)22-17-8-4-5-9-18(17)25-16-6-2-1-3-7-16/h1-9,11,13,15H,10,12,14H2,(H,22,24). The quantitative estimate of drug-likeness (QED) is 0.766. The van der Waals surface area contributed by atoms with Gasteiger partial charge in [0.05, 0.1) is 5.69 Å². The van der Waals surface area contributed by atoms with Crippen LogP contribution in [0.5, 0.6) is 0 Å². The fraction of sp³-hybridized carbons (Fsp3) is 0.200. The van der Waals surface area contributed by atoms with Crippen LogP contribution < -0.4 is 5.32 Å². The molecule has 0 bridgehead atoms. The summed E-state index contributed by atoms with van der Waals surface area (Å²) in [5.41, 5.74) is 0.871. The van der Waals surface area contributed by atoms with Crippen molar-refractivity contribution in [2.45, 2.75) is 29.2 Å². The van der Waals surface area contributed by atoms with E-state index in [1.165, 1.54) is 0 Å². The number of carbonyl (C=O) groups excluding carboxylic acids is 1. The van der Waals surface area contributed by atoms with Gasteiger partial charge in [0.2, 0.25) is 5.91 Å². The maximum Gasteiger partial charge on any atom is 0.228 e. The van der Waals surface area contributed by atoms with Crippen molar-refractivity contribution in [2.75, 3.05) is 5.32 Å². The molecule has 2 heterocycles. The summed E-state index contributed by atoms with van der Waals surface area (Å²) in [5, 5.41) is 3.13. The van der Waals surface area contributed by atoms with E-state index in [2.05, 4.69) is 27.0 Å². The second-order valence-electron chi connectivity index (χ2n) is 6.13. The number of aryl methyl sites for hydroxylation is 1. The van der Waals surface area contributed by atoms with Crippen LogP contribution in [-0.2, 0) is 17.8 Å². The lowest BCUT2D eigenvalue weighted by Gasteiger charge is -2.23. The normalized spacial score (nSPS) is 16.2. The molecule has 0 fully saturated rings. The van der Waals surface area contributed by atoms with Gasteiger partial charge in [-0.05, 0) is 30.7 Å². The Kier molecular flexibility index (Phi) is 4.57. The number of para-hydroxylation sites is 1. The molecule has 3 aromatic rings. The third-order valence-electron chi connectivity index (χ3n) is 4.44. The molecule has 1 aromatic heterocycles. The molecule has 1 unspecified atom stereocenters. The fourth-order valence-corrected chi connectivity index (χ4v) is 4.01. The molecule has 1 aliphatic heterocycles. The number of fused-ring (bicyclic) bond motifs is 1. The third-order valence-corrected chi connectivity index (χ3v) is 5.52. The van der Waals surface area contributed by atoms with Crippen LogP contribution in [0.25, 0.3) is 0 Å². The molecule has 0 aliphatic carbocycles. The summed E-state index contributed by atoms with van der Waals surface area (Å²) in [5.74, 6) is 1.05. The average molecular weight is 349 g/mol. The molecular formula is C20H19N3OS. The van der Waals surface area contributed by atoms with E-state index in [0.717, 1.165) is 34.3 Å². The van der Waals surface area contributed by atoms with Gasteiger partial charge in [0.1, 0.15) is 5.82 Å². The van der Waals surface area contributed by atoms with E-state index in [-0.39, 0.29) is 11.8 Å². The van der Waals surface area contributed by atoms with Crippen molar-refractivity contribution in [3.63, 3.8) is 0 Å². The Morgan fingerprint density at radius 3 is 2.80 bits per heavy atom. The van der Waals surface area contributed by atoms with Gasteiger partial charge in [-0.2, -0.15) is 0 Å². The molecule has 1 amide bonds. The predicted molar refractivity (Wildman–Crippen MR) is 99.7 cm³/mol. The average Bonchev–Trinajstić information content (AvgIpc) is 3.12. The number of hydrogen-bond acceptors (Lipinski definition) is 3. The summed E-state index contributed by atoms with van der Waals surface area (Å²) in [6.07, 6.45) is 5.34. The number of carbonyl (C=O) groups is 1. The monoisotopic (exact) mass is 349 g/mol. The topological polar surface area (TPSA) is 46.9 Å². The largest absolute Gasteiger partial charge is 0.335 e. The lowest BCUT2D eigenvalue weighted by atomic mass is 9.97. The Morgan fingerprint density at radius 1 is 1.12 bits per heavy atom. The third kappa shape index (κ3) is 3.61. The van der Waals surface area contributed by atoms with Gasteiger partial charge in [0, 0.05) is 41.1 Å². The highest BCUT2D eigenvalue weighted by Crippen LogP contribution is 2.33. The molecule has 0 radical (unpaired) electrons. The van der Waals surface area contributed by atoms with E-state index in [1.54, 1.807) is 18.0 Å². The van der Waals surface area contributed by atoms with Crippen LogP contribution >= 0.6 is 11.8 Å². The zero-order valence-electron chi connectivity index (χ0n) is 13.8. The summed E-state index contributed by atoms with van der Waals surface area (Å²) < 4.78 is 2.13. The first-order chi connectivity index (χ1) is 12.3. The Hall–Kier alpha value is -2.53. The van der Waals surface area contributed by atoms with Crippen molar-refractivity contribution in [3.05, 3.63) is 72.8 Å². The van der Waals surface area contributed by atoms with Crippen molar-refractivity contribution < 1.29 is 4.79 Å². The fourth-order valence-electron chi connectivity index (χ4n) is 3.08. The van der Waals surface area contributed by atoms with Crippen molar-refractivity contribution >= 4 is 23.4 Å². The Bertz CT molecular complexity index is 875. The van der Waals surface area contributed by atoms with E-state index in [1.807, 2.05) is 48.7 Å². The summed E-state index contributed by atoms with van der Waals surface area (Å²) in [7, 11) is 0.